The normalized spacial score (nSPS) is 15.5. The largest absolute Gasteiger partial charge is 0.378 e. The Labute approximate surface area is 112 Å². The van der Waals surface area contributed by atoms with Crippen molar-refractivity contribution in [2.45, 2.75) is 6.42 Å². The molecule has 0 aliphatic carbocycles. The van der Waals surface area contributed by atoms with E-state index >= 15 is 0 Å². The van der Waals surface area contributed by atoms with Gasteiger partial charge in [0.05, 0.1) is 13.2 Å². The van der Waals surface area contributed by atoms with Crippen LogP contribution in [-0.4, -0.2) is 38.1 Å². The highest BCUT2D eigenvalue weighted by molar-refractivity contribution is 6.19. The quantitative estimate of drug-likeness (QED) is 0.851. The number of carbonyl (C=O) groups is 1. The predicted octanol–water partition coefficient (Wildman–Crippen LogP) is 2.09. The molecule has 0 atom stereocenters. The first-order valence-corrected chi connectivity index (χ1v) is 6.61. The lowest BCUT2D eigenvalue weighted by Crippen LogP contribution is -2.36. The van der Waals surface area contributed by atoms with Crippen molar-refractivity contribution in [2.75, 3.05) is 42.4 Å². The number of alkyl halides is 1. The van der Waals surface area contributed by atoms with E-state index in [0.717, 1.165) is 37.7 Å². The number of hydrogen-bond acceptors (Lipinski definition) is 3. The van der Waals surface area contributed by atoms with Gasteiger partial charge in [0.15, 0.2) is 0 Å². The van der Waals surface area contributed by atoms with Crippen LogP contribution in [0.5, 0.6) is 0 Å². The third kappa shape index (κ3) is 3.62. The van der Waals surface area contributed by atoms with Crippen molar-refractivity contribution in [1.82, 2.24) is 0 Å². The van der Waals surface area contributed by atoms with Crippen LogP contribution in [0.3, 0.4) is 0 Å². The Bertz CT molecular complexity index is 406. The molecule has 4 nitrogen and oxygen atoms in total. The zero-order valence-electron chi connectivity index (χ0n) is 10.2. The molecule has 0 saturated carbocycles. The van der Waals surface area contributed by atoms with Crippen molar-refractivity contribution in [1.29, 1.82) is 0 Å². The Balaban J connectivity index is 2.02. The van der Waals surface area contributed by atoms with E-state index in [1.807, 2.05) is 24.3 Å². The summed E-state index contributed by atoms with van der Waals surface area (Å²) in [6, 6.07) is 7.86. The minimum atomic E-state index is -0.0517. The minimum Gasteiger partial charge on any atom is -0.378 e. The maximum atomic E-state index is 11.5. The fourth-order valence-corrected chi connectivity index (χ4v) is 2.08. The Kier molecular flexibility index (Phi) is 4.84. The monoisotopic (exact) mass is 268 g/mol. The Morgan fingerprint density at radius 3 is 2.89 bits per heavy atom. The lowest BCUT2D eigenvalue weighted by Gasteiger charge is -2.29. The summed E-state index contributed by atoms with van der Waals surface area (Å²) in [5.74, 6) is 0.291. The van der Waals surface area contributed by atoms with Gasteiger partial charge in [0, 0.05) is 36.8 Å². The minimum absolute atomic E-state index is 0.0517. The number of morpholine rings is 1. The SMILES string of the molecule is O=C(CCCl)Nc1cccc(N2CCOCC2)c1. The van der Waals surface area contributed by atoms with Crippen LogP contribution in [0.15, 0.2) is 24.3 Å². The summed E-state index contributed by atoms with van der Waals surface area (Å²) in [6.07, 6.45) is 0.337. The molecule has 1 saturated heterocycles. The first-order valence-electron chi connectivity index (χ1n) is 6.08. The molecule has 1 N–H and O–H groups in total. The standard InChI is InChI=1S/C13H17ClN2O2/c14-5-4-13(17)15-11-2-1-3-12(10-11)16-6-8-18-9-7-16/h1-3,10H,4-9H2,(H,15,17). The number of ether oxygens (including phenoxy) is 1. The molecule has 0 bridgehead atoms. The zero-order valence-corrected chi connectivity index (χ0v) is 10.9. The van der Waals surface area contributed by atoms with Crippen LogP contribution in [0, 0.1) is 0 Å². The molecular formula is C13H17ClN2O2. The number of benzene rings is 1. The van der Waals surface area contributed by atoms with Crippen molar-refractivity contribution in [3.63, 3.8) is 0 Å². The first kappa shape index (κ1) is 13.2. The van der Waals surface area contributed by atoms with Crippen LogP contribution in [0.2, 0.25) is 0 Å². The van der Waals surface area contributed by atoms with Crippen LogP contribution in [0.4, 0.5) is 11.4 Å². The van der Waals surface area contributed by atoms with E-state index < -0.39 is 0 Å². The molecule has 1 aliphatic rings. The van der Waals surface area contributed by atoms with Gasteiger partial charge in [-0.05, 0) is 18.2 Å². The van der Waals surface area contributed by atoms with Gasteiger partial charge < -0.3 is 15.0 Å². The second-order valence-corrected chi connectivity index (χ2v) is 4.51. The Morgan fingerprint density at radius 1 is 1.39 bits per heavy atom. The van der Waals surface area contributed by atoms with Gasteiger partial charge in [0.2, 0.25) is 5.91 Å². The summed E-state index contributed by atoms with van der Waals surface area (Å²) in [4.78, 5) is 13.7. The van der Waals surface area contributed by atoms with E-state index in [4.69, 9.17) is 16.3 Å². The molecule has 1 heterocycles. The summed E-state index contributed by atoms with van der Waals surface area (Å²) < 4.78 is 5.32. The number of carbonyl (C=O) groups excluding carboxylic acids is 1. The average Bonchev–Trinajstić information content (AvgIpc) is 2.40. The summed E-state index contributed by atoms with van der Waals surface area (Å²) in [5.41, 5.74) is 1.93. The van der Waals surface area contributed by atoms with Crippen molar-refractivity contribution in [3.05, 3.63) is 24.3 Å². The van der Waals surface area contributed by atoms with Crippen molar-refractivity contribution in [3.8, 4) is 0 Å². The molecule has 18 heavy (non-hydrogen) atoms. The average molecular weight is 269 g/mol. The number of hydrogen-bond donors (Lipinski definition) is 1. The third-order valence-electron chi connectivity index (χ3n) is 2.83. The molecule has 0 spiro atoms. The molecule has 1 amide bonds. The fraction of sp³-hybridized carbons (Fsp3) is 0.462. The van der Waals surface area contributed by atoms with E-state index in [-0.39, 0.29) is 5.91 Å². The van der Waals surface area contributed by atoms with Gasteiger partial charge in [-0.15, -0.1) is 11.6 Å². The van der Waals surface area contributed by atoms with Crippen molar-refractivity contribution < 1.29 is 9.53 Å². The van der Waals surface area contributed by atoms with Gasteiger partial charge >= 0.3 is 0 Å². The number of nitrogens with one attached hydrogen (secondary N) is 1. The van der Waals surface area contributed by atoms with E-state index in [2.05, 4.69) is 10.2 Å². The molecule has 1 aromatic carbocycles. The predicted molar refractivity (Wildman–Crippen MR) is 73.4 cm³/mol. The molecular weight excluding hydrogens is 252 g/mol. The first-order chi connectivity index (χ1) is 8.79. The fourth-order valence-electron chi connectivity index (χ4n) is 1.91. The molecule has 1 aliphatic heterocycles. The van der Waals surface area contributed by atoms with Gasteiger partial charge in [0.25, 0.3) is 0 Å². The summed E-state index contributed by atoms with van der Waals surface area (Å²) in [7, 11) is 0. The number of nitrogens with zero attached hydrogens (tertiary/aromatic N) is 1. The number of amides is 1. The van der Waals surface area contributed by atoms with Crippen LogP contribution in [0.25, 0.3) is 0 Å². The Morgan fingerprint density at radius 2 is 2.17 bits per heavy atom. The van der Waals surface area contributed by atoms with E-state index in [0.29, 0.717) is 12.3 Å². The van der Waals surface area contributed by atoms with Gasteiger partial charge in [-0.3, -0.25) is 4.79 Å². The zero-order chi connectivity index (χ0) is 12.8. The second-order valence-electron chi connectivity index (χ2n) is 4.14. The molecule has 1 fully saturated rings. The molecule has 0 aromatic heterocycles. The lowest BCUT2D eigenvalue weighted by atomic mass is 10.2. The summed E-state index contributed by atoms with van der Waals surface area (Å²) in [5, 5.41) is 2.84. The lowest BCUT2D eigenvalue weighted by molar-refractivity contribution is -0.115. The Hall–Kier alpha value is -1.26. The van der Waals surface area contributed by atoms with Crippen LogP contribution in [0.1, 0.15) is 6.42 Å². The maximum Gasteiger partial charge on any atom is 0.225 e. The smallest absolute Gasteiger partial charge is 0.225 e. The second kappa shape index (κ2) is 6.61. The molecule has 98 valence electrons. The van der Waals surface area contributed by atoms with Gasteiger partial charge in [-0.2, -0.15) is 0 Å². The highest BCUT2D eigenvalue weighted by Gasteiger charge is 2.11. The van der Waals surface area contributed by atoms with E-state index in [1.54, 1.807) is 0 Å². The number of halogens is 1. The van der Waals surface area contributed by atoms with Gasteiger partial charge in [0.1, 0.15) is 0 Å². The van der Waals surface area contributed by atoms with E-state index in [9.17, 15) is 4.79 Å². The molecule has 5 heteroatoms. The number of rotatable bonds is 4. The topological polar surface area (TPSA) is 41.6 Å². The van der Waals surface area contributed by atoms with E-state index in [1.165, 1.54) is 0 Å². The van der Waals surface area contributed by atoms with Crippen molar-refractivity contribution >= 4 is 28.9 Å². The van der Waals surface area contributed by atoms with Gasteiger partial charge in [-0.25, -0.2) is 0 Å². The molecule has 2 rings (SSSR count). The maximum absolute atomic E-state index is 11.5. The third-order valence-corrected chi connectivity index (χ3v) is 3.02. The van der Waals surface area contributed by atoms with Crippen LogP contribution >= 0.6 is 11.6 Å². The van der Waals surface area contributed by atoms with Crippen LogP contribution < -0.4 is 10.2 Å². The summed E-state index contributed by atoms with van der Waals surface area (Å²) in [6.45, 7) is 3.28. The highest BCUT2D eigenvalue weighted by Crippen LogP contribution is 2.20. The molecule has 0 radical (unpaired) electrons. The molecule has 0 unspecified atom stereocenters. The van der Waals surface area contributed by atoms with Crippen molar-refractivity contribution in [2.24, 2.45) is 0 Å². The highest BCUT2D eigenvalue weighted by atomic mass is 35.5. The van der Waals surface area contributed by atoms with Crippen LogP contribution in [-0.2, 0) is 9.53 Å². The summed E-state index contributed by atoms with van der Waals surface area (Å²) >= 11 is 5.53. The van der Waals surface area contributed by atoms with Gasteiger partial charge in [-0.1, -0.05) is 6.07 Å². The molecule has 1 aromatic rings. The number of anilines is 2.